The summed E-state index contributed by atoms with van der Waals surface area (Å²) in [6, 6.07) is 12.3. The Morgan fingerprint density at radius 1 is 1.30 bits per heavy atom. The van der Waals surface area contributed by atoms with E-state index < -0.39 is 0 Å². The molecule has 2 aromatic rings. The fourth-order valence-electron chi connectivity index (χ4n) is 2.35. The molecule has 0 bridgehead atoms. The summed E-state index contributed by atoms with van der Waals surface area (Å²) in [5.41, 5.74) is 2.33. The van der Waals surface area contributed by atoms with E-state index in [9.17, 15) is 0 Å². The van der Waals surface area contributed by atoms with Crippen molar-refractivity contribution in [3.8, 4) is 0 Å². The number of hydrogen-bond acceptors (Lipinski definition) is 2. The van der Waals surface area contributed by atoms with Crippen molar-refractivity contribution in [2.24, 2.45) is 0 Å². The number of benzene rings is 1. The van der Waals surface area contributed by atoms with Crippen LogP contribution in [0.15, 0.2) is 42.6 Å². The maximum absolute atomic E-state index is 6.17. The third-order valence-electron chi connectivity index (χ3n) is 3.37. The van der Waals surface area contributed by atoms with Crippen molar-refractivity contribution in [3.63, 3.8) is 0 Å². The fourth-order valence-corrected chi connectivity index (χ4v) is 3.20. The lowest BCUT2D eigenvalue weighted by molar-refractivity contribution is 0.470. The maximum Gasteiger partial charge on any atom is 0.0450 e. The molecule has 1 heterocycles. The predicted octanol–water partition coefficient (Wildman–Crippen LogP) is 4.79. The van der Waals surface area contributed by atoms with Gasteiger partial charge in [-0.1, -0.05) is 31.5 Å². The zero-order valence-corrected chi connectivity index (χ0v) is 14.5. The van der Waals surface area contributed by atoms with E-state index in [1.807, 2.05) is 24.4 Å². The first-order chi connectivity index (χ1) is 9.63. The molecule has 106 valence electrons. The van der Waals surface area contributed by atoms with Crippen LogP contribution in [0.5, 0.6) is 0 Å². The van der Waals surface area contributed by atoms with Gasteiger partial charge in [0.1, 0.15) is 0 Å². The van der Waals surface area contributed by atoms with Crippen molar-refractivity contribution < 1.29 is 0 Å². The van der Waals surface area contributed by atoms with Crippen LogP contribution in [0.25, 0.3) is 0 Å². The number of likely N-dealkylation sites (N-methyl/N-ethyl adjacent to an activating group) is 1. The highest BCUT2D eigenvalue weighted by atomic mass is 127. The third kappa shape index (κ3) is 3.71. The molecule has 1 N–H and O–H groups in total. The van der Waals surface area contributed by atoms with Crippen LogP contribution in [0, 0.1) is 3.57 Å². The van der Waals surface area contributed by atoms with Gasteiger partial charge in [0, 0.05) is 32.4 Å². The molecule has 0 aliphatic rings. The molecule has 20 heavy (non-hydrogen) atoms. The minimum absolute atomic E-state index is 0.209. The van der Waals surface area contributed by atoms with Crippen molar-refractivity contribution in [1.82, 2.24) is 10.3 Å². The van der Waals surface area contributed by atoms with Gasteiger partial charge in [0.2, 0.25) is 0 Å². The van der Waals surface area contributed by atoms with E-state index in [0.29, 0.717) is 0 Å². The van der Waals surface area contributed by atoms with Crippen molar-refractivity contribution >= 4 is 34.2 Å². The summed E-state index contributed by atoms with van der Waals surface area (Å²) in [6.45, 7) is 5.23. The Balaban J connectivity index is 2.38. The maximum atomic E-state index is 6.17. The molecule has 1 aromatic carbocycles. The molecule has 2 atom stereocenters. The van der Waals surface area contributed by atoms with Gasteiger partial charge >= 0.3 is 0 Å². The molecule has 0 aliphatic heterocycles. The van der Waals surface area contributed by atoms with Crippen LogP contribution >= 0.6 is 34.2 Å². The first-order valence-electron chi connectivity index (χ1n) is 6.72. The average Bonchev–Trinajstić information content (AvgIpc) is 2.48. The van der Waals surface area contributed by atoms with Crippen molar-refractivity contribution in [2.45, 2.75) is 25.8 Å². The van der Waals surface area contributed by atoms with Crippen LogP contribution < -0.4 is 5.32 Å². The summed E-state index contributed by atoms with van der Waals surface area (Å²) < 4.78 is 1.22. The quantitative estimate of drug-likeness (QED) is 0.730. The lowest BCUT2D eigenvalue weighted by Crippen LogP contribution is -2.27. The Morgan fingerprint density at radius 3 is 2.75 bits per heavy atom. The summed E-state index contributed by atoms with van der Waals surface area (Å²) in [4.78, 5) is 4.48. The molecule has 0 radical (unpaired) electrons. The molecule has 0 fully saturated rings. The van der Waals surface area contributed by atoms with Gasteiger partial charge in [0.25, 0.3) is 0 Å². The number of halogens is 2. The predicted molar refractivity (Wildman–Crippen MR) is 93.2 cm³/mol. The molecule has 0 aliphatic carbocycles. The van der Waals surface area contributed by atoms with E-state index in [2.05, 4.69) is 64.9 Å². The Bertz CT molecular complexity index is 560. The first-order valence-corrected chi connectivity index (χ1v) is 8.18. The van der Waals surface area contributed by atoms with E-state index in [0.717, 1.165) is 17.3 Å². The number of nitrogens with zero attached hydrogens (tertiary/aromatic N) is 1. The molecular weight excluding hydrogens is 383 g/mol. The van der Waals surface area contributed by atoms with Crippen molar-refractivity contribution in [3.05, 3.63) is 62.4 Å². The van der Waals surface area contributed by atoms with E-state index in [-0.39, 0.29) is 12.0 Å². The normalized spacial score (nSPS) is 14.0. The van der Waals surface area contributed by atoms with Crippen LogP contribution in [-0.4, -0.2) is 11.5 Å². The number of rotatable bonds is 5. The Labute approximate surface area is 139 Å². The Hall–Kier alpha value is -0.650. The molecule has 0 saturated carbocycles. The van der Waals surface area contributed by atoms with Gasteiger partial charge in [-0.25, -0.2) is 0 Å². The molecule has 1 aromatic heterocycles. The molecule has 0 saturated heterocycles. The third-order valence-corrected chi connectivity index (χ3v) is 4.59. The molecule has 2 nitrogen and oxygen atoms in total. The minimum atomic E-state index is 0.209. The number of pyridine rings is 1. The second kappa shape index (κ2) is 7.38. The molecule has 0 spiro atoms. The summed E-state index contributed by atoms with van der Waals surface area (Å²) in [6.07, 6.45) is 1.85. The molecule has 4 heteroatoms. The van der Waals surface area contributed by atoms with E-state index in [1.165, 1.54) is 9.13 Å². The number of nitrogens with one attached hydrogen (secondary N) is 1. The lowest BCUT2D eigenvalue weighted by atomic mass is 9.91. The standard InChI is InChI=1S/C16H18ClIN2/c1-3-19-16(11(2)15-6-4-5-9-20-15)13-10-12(17)7-8-14(13)18/h4-11,16,19H,3H2,1-2H3. The molecule has 2 unspecified atom stereocenters. The van der Waals surface area contributed by atoms with Crippen LogP contribution in [0.2, 0.25) is 5.02 Å². The summed E-state index contributed by atoms with van der Waals surface area (Å²) in [7, 11) is 0. The molecule has 2 rings (SSSR count). The van der Waals surface area contributed by atoms with Gasteiger partial charge in [-0.2, -0.15) is 0 Å². The lowest BCUT2D eigenvalue weighted by Gasteiger charge is -2.26. The van der Waals surface area contributed by atoms with Crippen molar-refractivity contribution in [2.75, 3.05) is 6.54 Å². The van der Waals surface area contributed by atoms with Crippen LogP contribution in [0.4, 0.5) is 0 Å². The summed E-state index contributed by atoms with van der Waals surface area (Å²) in [5.74, 6) is 0.281. The highest BCUT2D eigenvalue weighted by molar-refractivity contribution is 14.1. The zero-order valence-electron chi connectivity index (χ0n) is 11.6. The van der Waals surface area contributed by atoms with E-state index in [4.69, 9.17) is 11.6 Å². The summed E-state index contributed by atoms with van der Waals surface area (Å²) >= 11 is 8.53. The largest absolute Gasteiger partial charge is 0.310 e. The number of aromatic nitrogens is 1. The van der Waals surface area contributed by atoms with Gasteiger partial charge in [-0.05, 0) is 65.0 Å². The van der Waals surface area contributed by atoms with Crippen LogP contribution in [-0.2, 0) is 0 Å². The summed E-state index contributed by atoms with van der Waals surface area (Å²) in [5, 5.41) is 4.34. The van der Waals surface area contributed by atoms with Gasteiger partial charge < -0.3 is 5.32 Å². The monoisotopic (exact) mass is 400 g/mol. The number of hydrogen-bond donors (Lipinski definition) is 1. The minimum Gasteiger partial charge on any atom is -0.310 e. The van der Waals surface area contributed by atoms with E-state index in [1.54, 1.807) is 0 Å². The Morgan fingerprint density at radius 2 is 2.10 bits per heavy atom. The average molecular weight is 401 g/mol. The fraction of sp³-hybridized carbons (Fsp3) is 0.312. The van der Waals surface area contributed by atoms with Gasteiger partial charge in [0.15, 0.2) is 0 Å². The molecular formula is C16H18ClIN2. The zero-order chi connectivity index (χ0) is 14.5. The van der Waals surface area contributed by atoms with Crippen LogP contribution in [0.3, 0.4) is 0 Å². The smallest absolute Gasteiger partial charge is 0.0450 e. The van der Waals surface area contributed by atoms with Crippen molar-refractivity contribution in [1.29, 1.82) is 0 Å². The second-order valence-electron chi connectivity index (χ2n) is 4.74. The van der Waals surface area contributed by atoms with Gasteiger partial charge in [-0.15, -0.1) is 0 Å². The highest BCUT2D eigenvalue weighted by Crippen LogP contribution is 2.33. The van der Waals surface area contributed by atoms with Gasteiger partial charge in [0.05, 0.1) is 0 Å². The van der Waals surface area contributed by atoms with Gasteiger partial charge in [-0.3, -0.25) is 4.98 Å². The highest BCUT2D eigenvalue weighted by Gasteiger charge is 2.23. The Kier molecular flexibility index (Phi) is 5.81. The SMILES string of the molecule is CCNC(c1cc(Cl)ccc1I)C(C)c1ccccn1. The van der Waals surface area contributed by atoms with Crippen LogP contribution in [0.1, 0.15) is 37.1 Å². The second-order valence-corrected chi connectivity index (χ2v) is 6.34. The first kappa shape index (κ1) is 15.7. The topological polar surface area (TPSA) is 24.9 Å². The van der Waals surface area contributed by atoms with E-state index >= 15 is 0 Å². The molecule has 0 amide bonds.